The Morgan fingerprint density at radius 1 is 1.30 bits per heavy atom. The lowest BCUT2D eigenvalue weighted by Crippen LogP contribution is -2.56. The minimum atomic E-state index is -0.535. The van der Waals surface area contributed by atoms with Gasteiger partial charge in [0.15, 0.2) is 6.23 Å². The number of benzene rings is 2. The Morgan fingerprint density at radius 3 is 2.85 bits per heavy atom. The minimum absolute atomic E-state index is 0.0224. The quantitative estimate of drug-likeness (QED) is 0.654. The number of hydrogen-bond donors (Lipinski definition) is 1. The van der Waals surface area contributed by atoms with Crippen molar-refractivity contribution in [2.24, 2.45) is 10.7 Å². The number of nitrogens with zero attached hydrogens (tertiary/aromatic N) is 2. The van der Waals surface area contributed by atoms with Crippen LogP contribution in [-0.4, -0.2) is 35.0 Å². The lowest BCUT2D eigenvalue weighted by Gasteiger charge is -2.45. The predicted octanol–water partition coefficient (Wildman–Crippen LogP) is 3.25. The van der Waals surface area contributed by atoms with Gasteiger partial charge in [0.05, 0.1) is 16.7 Å². The lowest BCUT2D eigenvalue weighted by molar-refractivity contribution is -0.0254. The number of para-hydroxylation sites is 1. The third kappa shape index (κ3) is 3.05. The van der Waals surface area contributed by atoms with Crippen LogP contribution in [0.4, 0.5) is 4.39 Å². The predicted molar refractivity (Wildman–Crippen MR) is 101 cm³/mol. The van der Waals surface area contributed by atoms with E-state index >= 15 is 0 Å². The van der Waals surface area contributed by atoms with Gasteiger partial charge in [-0.15, -0.1) is 0 Å². The van der Waals surface area contributed by atoms with E-state index in [9.17, 15) is 9.18 Å². The highest BCUT2D eigenvalue weighted by molar-refractivity contribution is 5.99. The first-order valence-corrected chi connectivity index (χ1v) is 9.05. The summed E-state index contributed by atoms with van der Waals surface area (Å²) >= 11 is 0. The van der Waals surface area contributed by atoms with Crippen LogP contribution in [0.3, 0.4) is 0 Å². The fourth-order valence-corrected chi connectivity index (χ4v) is 3.88. The number of halogens is 1. The summed E-state index contributed by atoms with van der Waals surface area (Å²) in [5.74, 6) is 0.375. The van der Waals surface area contributed by atoms with Gasteiger partial charge < -0.3 is 15.4 Å². The van der Waals surface area contributed by atoms with E-state index in [-0.39, 0.29) is 17.6 Å². The van der Waals surface area contributed by atoms with Crippen molar-refractivity contribution in [3.05, 3.63) is 65.0 Å². The molecule has 1 saturated heterocycles. The molecule has 0 radical (unpaired) electrons. The highest BCUT2D eigenvalue weighted by Crippen LogP contribution is 2.37. The van der Waals surface area contributed by atoms with Crippen LogP contribution in [0.1, 0.15) is 41.3 Å². The van der Waals surface area contributed by atoms with Crippen molar-refractivity contribution in [3.8, 4) is 5.75 Å². The number of amidine groups is 1. The number of carbonyl (C=O) groups excluding carboxylic acids is 1. The monoisotopic (exact) mass is 367 g/mol. The van der Waals surface area contributed by atoms with Crippen LogP contribution in [0, 0.1) is 12.7 Å². The number of fused-ring (bicyclic) bond motifs is 2. The van der Waals surface area contributed by atoms with E-state index in [0.29, 0.717) is 36.3 Å². The van der Waals surface area contributed by atoms with E-state index in [1.807, 2.05) is 32.0 Å². The zero-order valence-electron chi connectivity index (χ0n) is 15.4. The molecule has 1 fully saturated rings. The van der Waals surface area contributed by atoms with Crippen LogP contribution in [0.2, 0.25) is 0 Å². The molecule has 2 aliphatic heterocycles. The molecule has 2 aliphatic rings. The topological polar surface area (TPSA) is 67.9 Å². The molecule has 0 aliphatic carbocycles. The molecule has 0 spiro atoms. The molecular formula is C21H22FN3O2. The van der Waals surface area contributed by atoms with Crippen molar-refractivity contribution < 1.29 is 13.9 Å². The second kappa shape index (κ2) is 6.37. The number of aliphatic imine (C=N–C) groups is 1. The Hall–Kier alpha value is -2.89. The molecule has 0 saturated carbocycles. The molecule has 2 aromatic rings. The van der Waals surface area contributed by atoms with E-state index < -0.39 is 11.8 Å². The van der Waals surface area contributed by atoms with Gasteiger partial charge in [-0.1, -0.05) is 24.3 Å². The van der Waals surface area contributed by atoms with Gasteiger partial charge in [-0.2, -0.15) is 0 Å². The number of carbonyl (C=O) groups is 1. The molecule has 140 valence electrons. The third-order valence-electron chi connectivity index (χ3n) is 5.36. The van der Waals surface area contributed by atoms with Gasteiger partial charge in [0.2, 0.25) is 0 Å². The van der Waals surface area contributed by atoms with Gasteiger partial charge >= 0.3 is 0 Å². The van der Waals surface area contributed by atoms with E-state index in [4.69, 9.17) is 10.5 Å². The van der Waals surface area contributed by atoms with Crippen molar-refractivity contribution in [3.63, 3.8) is 0 Å². The molecule has 1 amide bonds. The van der Waals surface area contributed by atoms with Crippen LogP contribution < -0.4 is 10.5 Å². The Morgan fingerprint density at radius 2 is 2.07 bits per heavy atom. The Balaban J connectivity index is 1.63. The van der Waals surface area contributed by atoms with E-state index in [1.54, 1.807) is 23.1 Å². The summed E-state index contributed by atoms with van der Waals surface area (Å²) in [4.78, 5) is 19.1. The molecule has 6 heteroatoms. The summed E-state index contributed by atoms with van der Waals surface area (Å²) in [5.41, 5.74) is 7.31. The molecule has 2 atom stereocenters. The summed E-state index contributed by atoms with van der Waals surface area (Å²) in [5, 5.41) is 0. The summed E-state index contributed by atoms with van der Waals surface area (Å²) in [6, 6.07) is 12.1. The molecule has 4 rings (SSSR count). The molecule has 5 nitrogen and oxygen atoms in total. The minimum Gasteiger partial charge on any atom is -0.470 e. The Bertz CT molecular complexity index is 923. The van der Waals surface area contributed by atoms with Gasteiger partial charge in [-0.3, -0.25) is 9.79 Å². The molecule has 0 aromatic heterocycles. The zero-order valence-corrected chi connectivity index (χ0v) is 15.4. The highest BCUT2D eigenvalue weighted by Gasteiger charge is 2.43. The molecule has 27 heavy (non-hydrogen) atoms. The van der Waals surface area contributed by atoms with Crippen molar-refractivity contribution >= 4 is 11.7 Å². The fourth-order valence-electron chi connectivity index (χ4n) is 3.88. The maximum atomic E-state index is 14.2. The number of ether oxygens (including phenoxy) is 1. The average Bonchev–Trinajstić information content (AvgIpc) is 2.61. The van der Waals surface area contributed by atoms with Crippen molar-refractivity contribution in [1.29, 1.82) is 0 Å². The Labute approximate surface area is 157 Å². The summed E-state index contributed by atoms with van der Waals surface area (Å²) in [6.45, 7) is 4.30. The first-order chi connectivity index (χ1) is 12.9. The standard InChI is InChI=1S/C21H22FN3O2/c1-13-6-5-8-15(22)18(13)19(23)24-21(2)10-11-25-17(12-21)27-16-9-4-3-7-14(16)20(25)26/h3-9,17H,10-12H2,1-2H3,(H2,23,24). The first kappa shape index (κ1) is 17.5. The normalized spacial score (nSPS) is 24.9. The number of hydrogen-bond acceptors (Lipinski definition) is 3. The van der Waals surface area contributed by atoms with Crippen LogP contribution in [-0.2, 0) is 0 Å². The second-order valence-corrected chi connectivity index (χ2v) is 7.45. The summed E-state index contributed by atoms with van der Waals surface area (Å²) < 4.78 is 20.3. The number of amides is 1. The fraction of sp³-hybridized carbons (Fsp3) is 0.333. The number of nitrogens with two attached hydrogens (primary N) is 1. The largest absolute Gasteiger partial charge is 0.470 e. The van der Waals surface area contributed by atoms with Crippen molar-refractivity contribution in [2.75, 3.05) is 6.54 Å². The SMILES string of the molecule is Cc1cccc(F)c1C(N)=NC1(C)CCN2C(=O)c3ccccc3OC2C1. The third-order valence-corrected chi connectivity index (χ3v) is 5.36. The van der Waals surface area contributed by atoms with Crippen LogP contribution >= 0.6 is 0 Å². The number of piperidine rings is 1. The van der Waals surface area contributed by atoms with Gasteiger partial charge in [-0.25, -0.2) is 4.39 Å². The second-order valence-electron chi connectivity index (χ2n) is 7.45. The smallest absolute Gasteiger partial charge is 0.260 e. The Kier molecular flexibility index (Phi) is 4.13. The van der Waals surface area contributed by atoms with Crippen LogP contribution in [0.15, 0.2) is 47.5 Å². The van der Waals surface area contributed by atoms with E-state index in [1.165, 1.54) is 6.07 Å². The van der Waals surface area contributed by atoms with Crippen LogP contribution in [0.5, 0.6) is 5.75 Å². The van der Waals surface area contributed by atoms with Crippen LogP contribution in [0.25, 0.3) is 0 Å². The van der Waals surface area contributed by atoms with E-state index in [0.717, 1.165) is 5.56 Å². The highest BCUT2D eigenvalue weighted by atomic mass is 19.1. The molecular weight excluding hydrogens is 345 g/mol. The van der Waals surface area contributed by atoms with Crippen molar-refractivity contribution in [2.45, 2.75) is 38.5 Å². The first-order valence-electron chi connectivity index (χ1n) is 9.05. The molecule has 2 aromatic carbocycles. The molecule has 0 bridgehead atoms. The van der Waals surface area contributed by atoms with Gasteiger partial charge in [0.1, 0.15) is 17.4 Å². The van der Waals surface area contributed by atoms with E-state index in [2.05, 4.69) is 4.99 Å². The van der Waals surface area contributed by atoms with Crippen molar-refractivity contribution in [1.82, 2.24) is 4.90 Å². The lowest BCUT2D eigenvalue weighted by atomic mass is 9.87. The maximum absolute atomic E-state index is 14.2. The summed E-state index contributed by atoms with van der Waals surface area (Å²) in [6.07, 6.45) is 0.736. The van der Waals surface area contributed by atoms with Gasteiger partial charge in [0, 0.05) is 13.0 Å². The molecule has 2 heterocycles. The summed E-state index contributed by atoms with van der Waals surface area (Å²) in [7, 11) is 0. The zero-order chi connectivity index (χ0) is 19.2. The molecule has 2 N–H and O–H groups in total. The van der Waals surface area contributed by atoms with Gasteiger partial charge in [0.25, 0.3) is 5.91 Å². The molecule has 2 unspecified atom stereocenters. The van der Waals surface area contributed by atoms with Gasteiger partial charge in [-0.05, 0) is 44.0 Å². The number of aryl methyl sites for hydroxylation is 1. The average molecular weight is 367 g/mol. The maximum Gasteiger partial charge on any atom is 0.260 e. The number of rotatable bonds is 2.